The van der Waals surface area contributed by atoms with Crippen molar-refractivity contribution >= 4 is 17.3 Å². The topological polar surface area (TPSA) is 83.0 Å². The minimum Gasteiger partial charge on any atom is -0.448 e. The zero-order valence-electron chi connectivity index (χ0n) is 16.7. The number of hydrogen-bond donors (Lipinski definition) is 0. The molecular weight excluding hydrogens is 419 g/mol. The number of halogens is 1. The maximum absolute atomic E-state index is 13.3. The van der Waals surface area contributed by atoms with Crippen LogP contribution in [0.5, 0.6) is 0 Å². The first-order chi connectivity index (χ1) is 15.1. The van der Waals surface area contributed by atoms with E-state index in [-0.39, 0.29) is 17.4 Å². The number of benzene rings is 1. The monoisotopic (exact) mass is 438 g/mol. The average Bonchev–Trinajstić information content (AvgIpc) is 3.53. The van der Waals surface area contributed by atoms with Crippen molar-refractivity contribution in [3.63, 3.8) is 0 Å². The number of thiophene rings is 1. The summed E-state index contributed by atoms with van der Waals surface area (Å²) >= 11 is 1.49. The van der Waals surface area contributed by atoms with E-state index in [0.29, 0.717) is 11.6 Å². The molecule has 158 valence electrons. The molecule has 0 aliphatic heterocycles. The van der Waals surface area contributed by atoms with Crippen molar-refractivity contribution in [2.75, 3.05) is 0 Å². The number of fused-ring (bicyclic) bond motifs is 1. The Balaban J connectivity index is 1.41. The Morgan fingerprint density at radius 1 is 1.19 bits per heavy atom. The van der Waals surface area contributed by atoms with Crippen molar-refractivity contribution in [1.29, 1.82) is 0 Å². The fraction of sp³-hybridized carbons (Fsp3) is 0.273. The summed E-state index contributed by atoms with van der Waals surface area (Å²) in [4.78, 5) is 13.8. The van der Waals surface area contributed by atoms with Gasteiger partial charge in [-0.1, -0.05) is 6.07 Å². The van der Waals surface area contributed by atoms with Gasteiger partial charge in [0.05, 0.1) is 10.6 Å². The van der Waals surface area contributed by atoms with E-state index in [1.165, 1.54) is 23.5 Å². The molecule has 4 aromatic rings. The molecular formula is C22H19FN4O3S. The number of esters is 1. The van der Waals surface area contributed by atoms with Gasteiger partial charge in [-0.2, -0.15) is 5.10 Å². The third-order valence-corrected chi connectivity index (χ3v) is 6.11. The fourth-order valence-corrected chi connectivity index (χ4v) is 4.37. The maximum atomic E-state index is 13.3. The minimum absolute atomic E-state index is 0.226. The molecule has 0 amide bonds. The second kappa shape index (κ2) is 8.07. The van der Waals surface area contributed by atoms with E-state index in [2.05, 4.69) is 15.3 Å². The van der Waals surface area contributed by atoms with E-state index in [1.807, 2.05) is 17.5 Å². The first-order valence-electron chi connectivity index (χ1n) is 10.0. The summed E-state index contributed by atoms with van der Waals surface area (Å²) in [5.74, 6) is -0.239. The van der Waals surface area contributed by atoms with Crippen molar-refractivity contribution in [2.45, 2.75) is 38.7 Å². The zero-order chi connectivity index (χ0) is 21.4. The first-order valence-corrected chi connectivity index (χ1v) is 10.9. The molecule has 31 heavy (non-hydrogen) atoms. The number of rotatable bonds is 5. The summed E-state index contributed by atoms with van der Waals surface area (Å²) < 4.78 is 26.4. The second-order valence-electron chi connectivity index (χ2n) is 7.34. The van der Waals surface area contributed by atoms with Gasteiger partial charge in [0.1, 0.15) is 5.82 Å². The summed E-state index contributed by atoms with van der Waals surface area (Å²) in [7, 11) is 0. The summed E-state index contributed by atoms with van der Waals surface area (Å²) in [6, 6.07) is 9.85. The summed E-state index contributed by atoms with van der Waals surface area (Å²) in [6.45, 7) is 1.69. The Morgan fingerprint density at radius 3 is 2.77 bits per heavy atom. The van der Waals surface area contributed by atoms with E-state index in [9.17, 15) is 9.18 Å². The van der Waals surface area contributed by atoms with Gasteiger partial charge in [0.25, 0.3) is 11.8 Å². The predicted molar refractivity (Wildman–Crippen MR) is 112 cm³/mol. The number of aromatic nitrogens is 4. The molecule has 1 atom stereocenters. The lowest BCUT2D eigenvalue weighted by molar-refractivity contribution is 0.0271. The Hall–Kier alpha value is -3.33. The van der Waals surface area contributed by atoms with Crippen LogP contribution in [0, 0.1) is 5.82 Å². The molecule has 1 aliphatic rings. The number of ether oxygens (including phenoxy) is 1. The third-order valence-electron chi connectivity index (χ3n) is 5.25. The molecule has 1 aliphatic carbocycles. The highest BCUT2D eigenvalue weighted by Gasteiger charge is 2.29. The van der Waals surface area contributed by atoms with Gasteiger partial charge in [0, 0.05) is 11.3 Å². The Labute approximate surface area is 181 Å². The Bertz CT molecular complexity index is 1210. The van der Waals surface area contributed by atoms with Gasteiger partial charge in [-0.3, -0.25) is 0 Å². The van der Waals surface area contributed by atoms with Crippen LogP contribution in [0.4, 0.5) is 4.39 Å². The summed E-state index contributed by atoms with van der Waals surface area (Å²) in [6.07, 6.45) is 2.82. The van der Waals surface area contributed by atoms with Crippen LogP contribution in [0.1, 0.15) is 53.5 Å². The third kappa shape index (κ3) is 3.76. The van der Waals surface area contributed by atoms with Gasteiger partial charge in [0.15, 0.2) is 11.8 Å². The fourth-order valence-electron chi connectivity index (χ4n) is 3.72. The molecule has 7 nitrogen and oxygen atoms in total. The Kier molecular flexibility index (Phi) is 5.11. The number of nitrogens with zero attached hydrogens (tertiary/aromatic N) is 4. The van der Waals surface area contributed by atoms with Crippen molar-refractivity contribution in [3.8, 4) is 16.5 Å². The van der Waals surface area contributed by atoms with Crippen molar-refractivity contribution in [3.05, 3.63) is 70.4 Å². The molecule has 0 radical (unpaired) electrons. The van der Waals surface area contributed by atoms with Crippen LogP contribution in [0.25, 0.3) is 16.5 Å². The lowest BCUT2D eigenvalue weighted by Crippen LogP contribution is -2.13. The molecule has 3 aromatic heterocycles. The largest absolute Gasteiger partial charge is 0.448 e. The van der Waals surface area contributed by atoms with Crippen LogP contribution in [0.3, 0.4) is 0 Å². The standard InChI is InChI=1S/C22H19FN4O3S/c1-13(20-24-25-21(30-20)18-7-4-12-31-18)29-22(28)19-16-5-2-3-6-17(16)27(26-19)15-10-8-14(23)9-11-15/h4,7-13H,2-3,5-6H2,1H3/t13-/m0/s1. The van der Waals surface area contributed by atoms with Crippen molar-refractivity contribution in [2.24, 2.45) is 0 Å². The smallest absolute Gasteiger partial charge is 0.359 e. The molecule has 9 heteroatoms. The van der Waals surface area contributed by atoms with Crippen LogP contribution in [0.2, 0.25) is 0 Å². The molecule has 1 aromatic carbocycles. The van der Waals surface area contributed by atoms with Crippen LogP contribution in [0.15, 0.2) is 46.2 Å². The van der Waals surface area contributed by atoms with Crippen LogP contribution >= 0.6 is 11.3 Å². The molecule has 0 spiro atoms. The summed E-state index contributed by atoms with van der Waals surface area (Å²) in [5, 5.41) is 14.5. The minimum atomic E-state index is -0.719. The van der Waals surface area contributed by atoms with E-state index in [4.69, 9.17) is 9.15 Å². The highest BCUT2D eigenvalue weighted by atomic mass is 32.1. The SMILES string of the molecule is C[C@H](OC(=O)c1nn(-c2ccc(F)cc2)c2c1CCCC2)c1nnc(-c2cccs2)o1. The summed E-state index contributed by atoms with van der Waals surface area (Å²) in [5.41, 5.74) is 2.85. The molecule has 0 bridgehead atoms. The van der Waals surface area contributed by atoms with Gasteiger partial charge in [0.2, 0.25) is 0 Å². The molecule has 5 rings (SSSR count). The van der Waals surface area contributed by atoms with Crippen molar-refractivity contribution in [1.82, 2.24) is 20.0 Å². The molecule has 0 N–H and O–H groups in total. The molecule has 0 saturated carbocycles. The number of carbonyl (C=O) groups is 1. The van der Waals surface area contributed by atoms with E-state index < -0.39 is 12.1 Å². The van der Waals surface area contributed by atoms with Crippen molar-refractivity contribution < 1.29 is 18.3 Å². The van der Waals surface area contributed by atoms with E-state index >= 15 is 0 Å². The average molecular weight is 438 g/mol. The van der Waals surface area contributed by atoms with E-state index in [0.717, 1.165) is 41.8 Å². The lowest BCUT2D eigenvalue weighted by atomic mass is 9.95. The normalized spacial score (nSPS) is 14.3. The van der Waals surface area contributed by atoms with Gasteiger partial charge in [-0.05, 0) is 68.3 Å². The lowest BCUT2D eigenvalue weighted by Gasteiger charge is -2.14. The van der Waals surface area contributed by atoms with Gasteiger partial charge >= 0.3 is 5.97 Å². The molecule has 0 fully saturated rings. The molecule has 3 heterocycles. The zero-order valence-corrected chi connectivity index (χ0v) is 17.6. The molecule has 0 saturated heterocycles. The Morgan fingerprint density at radius 2 is 2.00 bits per heavy atom. The van der Waals surface area contributed by atoms with Crippen LogP contribution < -0.4 is 0 Å². The van der Waals surface area contributed by atoms with Crippen LogP contribution in [-0.2, 0) is 17.6 Å². The maximum Gasteiger partial charge on any atom is 0.359 e. The number of carbonyl (C=O) groups excluding carboxylic acids is 1. The van der Waals surface area contributed by atoms with Crippen LogP contribution in [-0.4, -0.2) is 25.9 Å². The highest BCUT2D eigenvalue weighted by Crippen LogP contribution is 2.30. The van der Waals surface area contributed by atoms with Gasteiger partial charge < -0.3 is 9.15 Å². The second-order valence-corrected chi connectivity index (χ2v) is 8.29. The van der Waals surface area contributed by atoms with E-state index in [1.54, 1.807) is 23.7 Å². The highest BCUT2D eigenvalue weighted by molar-refractivity contribution is 7.13. The van der Waals surface area contributed by atoms with Gasteiger partial charge in [-0.15, -0.1) is 21.5 Å². The first kappa shape index (κ1) is 19.6. The number of hydrogen-bond acceptors (Lipinski definition) is 7. The quantitative estimate of drug-likeness (QED) is 0.411. The molecule has 0 unspecified atom stereocenters. The predicted octanol–water partition coefficient (Wildman–Crippen LogP) is 4.92. The van der Waals surface area contributed by atoms with Gasteiger partial charge in [-0.25, -0.2) is 13.9 Å².